The van der Waals surface area contributed by atoms with Crippen LogP contribution in [0.2, 0.25) is 0 Å². The molecule has 0 saturated heterocycles. The highest BCUT2D eigenvalue weighted by atomic mass is 14.1. The minimum atomic E-state index is 0.681. The standard InChI is InChI=1S/C12H14/c1-3-7-11(8-4-1)12-9-5-2-6-10-12/h1,3-5,7-9,12H,2,6,10H2/t12-/m0/s1. The molecule has 1 aromatic carbocycles. The molecule has 0 N–H and O–H groups in total. The second-order valence-electron chi connectivity index (χ2n) is 3.38. The summed E-state index contributed by atoms with van der Waals surface area (Å²) in [5.74, 6) is 0.681. The zero-order chi connectivity index (χ0) is 8.23. The van der Waals surface area contributed by atoms with E-state index in [0.717, 1.165) is 0 Å². The summed E-state index contributed by atoms with van der Waals surface area (Å²) >= 11 is 0. The largest absolute Gasteiger partial charge is 0.0879 e. The van der Waals surface area contributed by atoms with E-state index in [0.29, 0.717) is 5.92 Å². The monoisotopic (exact) mass is 158 g/mol. The molecule has 12 heavy (non-hydrogen) atoms. The van der Waals surface area contributed by atoms with Gasteiger partial charge < -0.3 is 0 Å². The van der Waals surface area contributed by atoms with Crippen LogP contribution in [0.4, 0.5) is 0 Å². The summed E-state index contributed by atoms with van der Waals surface area (Å²) in [7, 11) is 0. The molecule has 0 radical (unpaired) electrons. The van der Waals surface area contributed by atoms with Crippen molar-refractivity contribution < 1.29 is 0 Å². The number of allylic oxidation sites excluding steroid dienone is 2. The summed E-state index contributed by atoms with van der Waals surface area (Å²) < 4.78 is 0. The summed E-state index contributed by atoms with van der Waals surface area (Å²) in [6, 6.07) is 10.8. The Balaban J connectivity index is 2.19. The maximum absolute atomic E-state index is 2.35. The molecule has 0 fully saturated rings. The van der Waals surface area contributed by atoms with Crippen LogP contribution in [0.5, 0.6) is 0 Å². The Bertz CT molecular complexity index is 259. The topological polar surface area (TPSA) is 0 Å². The molecule has 0 heteroatoms. The summed E-state index contributed by atoms with van der Waals surface area (Å²) in [4.78, 5) is 0. The molecular weight excluding hydrogens is 144 g/mol. The van der Waals surface area contributed by atoms with Gasteiger partial charge in [0.15, 0.2) is 0 Å². The normalized spacial score (nSPS) is 22.5. The third-order valence-corrected chi connectivity index (χ3v) is 2.48. The van der Waals surface area contributed by atoms with Crippen molar-refractivity contribution in [3.8, 4) is 0 Å². The van der Waals surface area contributed by atoms with Gasteiger partial charge in [0.2, 0.25) is 0 Å². The maximum Gasteiger partial charge on any atom is 0.00180 e. The summed E-state index contributed by atoms with van der Waals surface area (Å²) in [5, 5.41) is 0. The van der Waals surface area contributed by atoms with Crippen molar-refractivity contribution in [3.63, 3.8) is 0 Å². The quantitative estimate of drug-likeness (QED) is 0.549. The first-order chi connectivity index (χ1) is 5.97. The van der Waals surface area contributed by atoms with Crippen LogP contribution in [0.1, 0.15) is 30.7 Å². The van der Waals surface area contributed by atoms with Gasteiger partial charge in [0.05, 0.1) is 0 Å². The molecule has 1 atom stereocenters. The van der Waals surface area contributed by atoms with Crippen LogP contribution in [0.15, 0.2) is 42.5 Å². The first-order valence-electron chi connectivity index (χ1n) is 4.68. The minimum absolute atomic E-state index is 0.681. The summed E-state index contributed by atoms with van der Waals surface area (Å²) in [6.45, 7) is 0. The number of hydrogen-bond acceptors (Lipinski definition) is 0. The van der Waals surface area contributed by atoms with Gasteiger partial charge in [-0.05, 0) is 24.8 Å². The molecule has 0 saturated carbocycles. The molecular formula is C12H14. The van der Waals surface area contributed by atoms with Gasteiger partial charge in [-0.2, -0.15) is 0 Å². The summed E-state index contributed by atoms with van der Waals surface area (Å²) in [5.41, 5.74) is 1.47. The maximum atomic E-state index is 2.35. The number of hydrogen-bond donors (Lipinski definition) is 0. The fourth-order valence-electron chi connectivity index (χ4n) is 1.79. The molecule has 0 amide bonds. The average molecular weight is 158 g/mol. The van der Waals surface area contributed by atoms with E-state index < -0.39 is 0 Å². The Labute approximate surface area is 73.9 Å². The van der Waals surface area contributed by atoms with Crippen molar-refractivity contribution in [1.82, 2.24) is 0 Å². The van der Waals surface area contributed by atoms with Crippen molar-refractivity contribution in [2.45, 2.75) is 25.2 Å². The van der Waals surface area contributed by atoms with Crippen LogP contribution in [0, 0.1) is 0 Å². The highest BCUT2D eigenvalue weighted by Gasteiger charge is 2.09. The molecule has 0 aliphatic heterocycles. The highest BCUT2D eigenvalue weighted by Crippen LogP contribution is 2.26. The molecule has 1 aromatic rings. The third kappa shape index (κ3) is 1.58. The van der Waals surface area contributed by atoms with Crippen molar-refractivity contribution in [1.29, 1.82) is 0 Å². The first kappa shape index (κ1) is 7.60. The van der Waals surface area contributed by atoms with E-state index in [2.05, 4.69) is 42.5 Å². The summed E-state index contributed by atoms with van der Waals surface area (Å²) in [6.07, 6.45) is 8.58. The van der Waals surface area contributed by atoms with Crippen LogP contribution in [-0.2, 0) is 0 Å². The molecule has 0 heterocycles. The van der Waals surface area contributed by atoms with Crippen molar-refractivity contribution in [2.75, 3.05) is 0 Å². The molecule has 0 unspecified atom stereocenters. The molecule has 1 aliphatic rings. The van der Waals surface area contributed by atoms with Gasteiger partial charge in [-0.3, -0.25) is 0 Å². The Hall–Kier alpha value is -1.04. The lowest BCUT2D eigenvalue weighted by Crippen LogP contribution is -1.98. The van der Waals surface area contributed by atoms with E-state index in [1.165, 1.54) is 24.8 Å². The molecule has 0 nitrogen and oxygen atoms in total. The van der Waals surface area contributed by atoms with Gasteiger partial charge in [0.1, 0.15) is 0 Å². The predicted octanol–water partition coefficient (Wildman–Crippen LogP) is 3.51. The third-order valence-electron chi connectivity index (χ3n) is 2.48. The van der Waals surface area contributed by atoms with E-state index in [-0.39, 0.29) is 0 Å². The second kappa shape index (κ2) is 3.57. The number of benzene rings is 1. The van der Waals surface area contributed by atoms with Gasteiger partial charge in [-0.25, -0.2) is 0 Å². The van der Waals surface area contributed by atoms with Crippen LogP contribution >= 0.6 is 0 Å². The predicted molar refractivity (Wildman–Crippen MR) is 52.2 cm³/mol. The van der Waals surface area contributed by atoms with Gasteiger partial charge in [0, 0.05) is 5.92 Å². The Kier molecular flexibility index (Phi) is 2.26. The van der Waals surface area contributed by atoms with Gasteiger partial charge >= 0.3 is 0 Å². The molecule has 0 bridgehead atoms. The number of rotatable bonds is 1. The fraction of sp³-hybridized carbons (Fsp3) is 0.333. The highest BCUT2D eigenvalue weighted by molar-refractivity contribution is 5.24. The van der Waals surface area contributed by atoms with E-state index in [1.807, 2.05) is 0 Å². The minimum Gasteiger partial charge on any atom is -0.0879 e. The van der Waals surface area contributed by atoms with Crippen molar-refractivity contribution >= 4 is 0 Å². The molecule has 62 valence electrons. The zero-order valence-electron chi connectivity index (χ0n) is 7.24. The zero-order valence-corrected chi connectivity index (χ0v) is 7.24. The fourth-order valence-corrected chi connectivity index (χ4v) is 1.79. The van der Waals surface area contributed by atoms with Crippen LogP contribution in [-0.4, -0.2) is 0 Å². The molecule has 0 spiro atoms. The van der Waals surface area contributed by atoms with E-state index in [1.54, 1.807) is 0 Å². The smallest absolute Gasteiger partial charge is 0.00180 e. The Morgan fingerprint density at radius 1 is 1.08 bits per heavy atom. The SMILES string of the molecule is C1=C[C@H](c2ccccc2)CCC1. The second-order valence-corrected chi connectivity index (χ2v) is 3.38. The van der Waals surface area contributed by atoms with E-state index in [4.69, 9.17) is 0 Å². The lowest BCUT2D eigenvalue weighted by atomic mass is 9.89. The lowest BCUT2D eigenvalue weighted by molar-refractivity contribution is 0.654. The molecule has 1 aliphatic carbocycles. The van der Waals surface area contributed by atoms with Crippen LogP contribution in [0.25, 0.3) is 0 Å². The molecule has 0 aromatic heterocycles. The van der Waals surface area contributed by atoms with Crippen molar-refractivity contribution in [3.05, 3.63) is 48.0 Å². The van der Waals surface area contributed by atoms with Gasteiger partial charge in [0.25, 0.3) is 0 Å². The van der Waals surface area contributed by atoms with E-state index in [9.17, 15) is 0 Å². The first-order valence-corrected chi connectivity index (χ1v) is 4.68. The molecule has 2 rings (SSSR count). The van der Waals surface area contributed by atoms with Gasteiger partial charge in [-0.1, -0.05) is 42.5 Å². The van der Waals surface area contributed by atoms with Crippen molar-refractivity contribution in [2.24, 2.45) is 0 Å². The van der Waals surface area contributed by atoms with Gasteiger partial charge in [-0.15, -0.1) is 0 Å². The van der Waals surface area contributed by atoms with Crippen LogP contribution < -0.4 is 0 Å². The Morgan fingerprint density at radius 2 is 1.92 bits per heavy atom. The average Bonchev–Trinajstić information content (AvgIpc) is 2.21. The Morgan fingerprint density at radius 3 is 2.58 bits per heavy atom. The van der Waals surface area contributed by atoms with E-state index >= 15 is 0 Å². The lowest BCUT2D eigenvalue weighted by Gasteiger charge is -2.16. The van der Waals surface area contributed by atoms with Crippen LogP contribution in [0.3, 0.4) is 0 Å².